The number of halogens is 1. The number of carboxylic acids is 1. The molecule has 0 radical (unpaired) electrons. The van der Waals surface area contributed by atoms with E-state index >= 15 is 0 Å². The highest BCUT2D eigenvalue weighted by atomic mass is 35.5. The van der Waals surface area contributed by atoms with Crippen LogP contribution in [0, 0.1) is 0 Å². The Bertz CT molecular complexity index is 543. The van der Waals surface area contributed by atoms with Crippen LogP contribution in [0.3, 0.4) is 0 Å². The Labute approximate surface area is 107 Å². The van der Waals surface area contributed by atoms with E-state index in [4.69, 9.17) is 16.7 Å². The average Bonchev–Trinajstić information content (AvgIpc) is 2.84. The molecule has 2 aromatic rings. The lowest BCUT2D eigenvalue weighted by Crippen LogP contribution is -2.13. The van der Waals surface area contributed by atoms with Gasteiger partial charge in [-0.1, -0.05) is 16.8 Å². The molecule has 0 aromatic carbocycles. The van der Waals surface area contributed by atoms with E-state index in [2.05, 4.69) is 20.6 Å². The maximum absolute atomic E-state index is 10.8. The van der Waals surface area contributed by atoms with Crippen LogP contribution >= 0.6 is 11.6 Å². The van der Waals surface area contributed by atoms with Gasteiger partial charge in [0.15, 0.2) is 5.69 Å². The van der Waals surface area contributed by atoms with Gasteiger partial charge in [0.1, 0.15) is 5.82 Å². The standard InChI is InChI=1S/C10H10ClN5O2/c11-7-1-2-8(14-9(7)10(17)18)12-3-5-16-6-4-13-15-16/h1-2,4,6H,3,5H2,(H,12,14)(H,17,18). The average molecular weight is 268 g/mol. The third-order valence-corrected chi connectivity index (χ3v) is 2.47. The van der Waals surface area contributed by atoms with Gasteiger partial charge in [-0.15, -0.1) is 5.10 Å². The van der Waals surface area contributed by atoms with Crippen molar-refractivity contribution in [3.8, 4) is 0 Å². The zero-order valence-corrected chi connectivity index (χ0v) is 10.0. The molecule has 0 saturated carbocycles. The fraction of sp³-hybridized carbons (Fsp3) is 0.200. The van der Waals surface area contributed by atoms with E-state index in [0.29, 0.717) is 18.9 Å². The number of anilines is 1. The molecule has 2 aromatic heterocycles. The Balaban J connectivity index is 1.97. The second-order valence-electron chi connectivity index (χ2n) is 3.42. The Kier molecular flexibility index (Phi) is 3.73. The largest absolute Gasteiger partial charge is 0.476 e. The smallest absolute Gasteiger partial charge is 0.356 e. The van der Waals surface area contributed by atoms with E-state index in [1.807, 2.05) is 0 Å². The third-order valence-electron chi connectivity index (χ3n) is 2.17. The van der Waals surface area contributed by atoms with E-state index < -0.39 is 5.97 Å². The van der Waals surface area contributed by atoms with Crippen LogP contribution in [0.25, 0.3) is 0 Å². The van der Waals surface area contributed by atoms with Crippen LogP contribution < -0.4 is 5.32 Å². The van der Waals surface area contributed by atoms with Crippen molar-refractivity contribution in [2.24, 2.45) is 0 Å². The highest BCUT2D eigenvalue weighted by molar-refractivity contribution is 6.33. The fourth-order valence-corrected chi connectivity index (χ4v) is 1.53. The predicted molar refractivity (Wildman–Crippen MR) is 64.7 cm³/mol. The molecule has 0 aliphatic carbocycles. The number of carbonyl (C=O) groups is 1. The molecule has 2 rings (SSSR count). The molecule has 0 bridgehead atoms. The quantitative estimate of drug-likeness (QED) is 0.844. The lowest BCUT2D eigenvalue weighted by atomic mass is 10.3. The first-order chi connectivity index (χ1) is 8.66. The Morgan fingerprint density at radius 2 is 2.33 bits per heavy atom. The molecule has 2 N–H and O–H groups in total. The monoisotopic (exact) mass is 267 g/mol. The van der Waals surface area contributed by atoms with Crippen LogP contribution in [0.5, 0.6) is 0 Å². The van der Waals surface area contributed by atoms with E-state index in [0.717, 1.165) is 0 Å². The van der Waals surface area contributed by atoms with Crippen molar-refractivity contribution in [3.63, 3.8) is 0 Å². The van der Waals surface area contributed by atoms with Crippen molar-refractivity contribution >= 4 is 23.4 Å². The van der Waals surface area contributed by atoms with Crippen molar-refractivity contribution in [1.82, 2.24) is 20.0 Å². The Morgan fingerprint density at radius 3 is 3.00 bits per heavy atom. The Morgan fingerprint density at radius 1 is 1.50 bits per heavy atom. The van der Waals surface area contributed by atoms with Gasteiger partial charge >= 0.3 is 5.97 Å². The summed E-state index contributed by atoms with van der Waals surface area (Å²) in [5.41, 5.74) is -0.164. The molecular formula is C10H10ClN5O2. The van der Waals surface area contributed by atoms with Gasteiger partial charge in [-0.25, -0.2) is 9.78 Å². The number of aromatic carboxylic acids is 1. The van der Waals surface area contributed by atoms with Crippen molar-refractivity contribution in [1.29, 1.82) is 0 Å². The molecule has 0 amide bonds. The van der Waals surface area contributed by atoms with Crippen molar-refractivity contribution in [2.75, 3.05) is 11.9 Å². The number of rotatable bonds is 5. The summed E-state index contributed by atoms with van der Waals surface area (Å²) in [5.74, 6) is -0.697. The van der Waals surface area contributed by atoms with Crippen molar-refractivity contribution in [3.05, 3.63) is 35.2 Å². The second kappa shape index (κ2) is 5.46. The van der Waals surface area contributed by atoms with Gasteiger partial charge in [-0.05, 0) is 12.1 Å². The van der Waals surface area contributed by atoms with Gasteiger partial charge in [0, 0.05) is 12.7 Å². The molecule has 0 aliphatic heterocycles. The van der Waals surface area contributed by atoms with Crippen LogP contribution in [0.15, 0.2) is 24.5 Å². The molecule has 0 spiro atoms. The first kappa shape index (κ1) is 12.3. The summed E-state index contributed by atoms with van der Waals surface area (Å²) in [6.07, 6.45) is 3.32. The lowest BCUT2D eigenvalue weighted by Gasteiger charge is -2.06. The summed E-state index contributed by atoms with van der Waals surface area (Å²) in [7, 11) is 0. The molecular weight excluding hydrogens is 258 g/mol. The normalized spacial score (nSPS) is 10.3. The minimum Gasteiger partial charge on any atom is -0.476 e. The highest BCUT2D eigenvalue weighted by Crippen LogP contribution is 2.16. The van der Waals surface area contributed by atoms with Gasteiger partial charge in [0.2, 0.25) is 0 Å². The van der Waals surface area contributed by atoms with E-state index in [9.17, 15) is 4.79 Å². The van der Waals surface area contributed by atoms with Crippen LogP contribution in [0.4, 0.5) is 5.82 Å². The minimum atomic E-state index is -1.15. The van der Waals surface area contributed by atoms with E-state index in [-0.39, 0.29) is 10.7 Å². The number of nitrogens with one attached hydrogen (secondary N) is 1. The van der Waals surface area contributed by atoms with E-state index in [1.54, 1.807) is 23.1 Å². The molecule has 7 nitrogen and oxygen atoms in total. The zero-order valence-electron chi connectivity index (χ0n) is 9.25. The van der Waals surface area contributed by atoms with Crippen LogP contribution in [0.2, 0.25) is 5.02 Å². The SMILES string of the molecule is O=C(O)c1nc(NCCn2ccnn2)ccc1Cl. The van der Waals surface area contributed by atoms with Gasteiger partial charge < -0.3 is 10.4 Å². The zero-order chi connectivity index (χ0) is 13.0. The van der Waals surface area contributed by atoms with E-state index in [1.165, 1.54) is 6.07 Å². The van der Waals surface area contributed by atoms with Crippen LogP contribution in [-0.2, 0) is 6.54 Å². The molecule has 2 heterocycles. The number of carboxylic acid groups (broad SMARTS) is 1. The summed E-state index contributed by atoms with van der Waals surface area (Å²) >= 11 is 5.71. The lowest BCUT2D eigenvalue weighted by molar-refractivity contribution is 0.0691. The van der Waals surface area contributed by atoms with Gasteiger partial charge in [0.05, 0.1) is 17.8 Å². The molecule has 8 heteroatoms. The summed E-state index contributed by atoms with van der Waals surface area (Å²) in [6.45, 7) is 1.16. The number of nitrogens with zero attached hydrogens (tertiary/aromatic N) is 4. The number of hydrogen-bond donors (Lipinski definition) is 2. The minimum absolute atomic E-state index is 0.115. The molecule has 0 fully saturated rings. The summed E-state index contributed by atoms with van der Waals surface area (Å²) in [6, 6.07) is 3.12. The maximum atomic E-state index is 10.8. The van der Waals surface area contributed by atoms with Gasteiger partial charge in [-0.3, -0.25) is 4.68 Å². The van der Waals surface area contributed by atoms with Gasteiger partial charge in [-0.2, -0.15) is 0 Å². The molecule has 0 atom stereocenters. The maximum Gasteiger partial charge on any atom is 0.356 e. The highest BCUT2D eigenvalue weighted by Gasteiger charge is 2.11. The second-order valence-corrected chi connectivity index (χ2v) is 3.83. The molecule has 0 unspecified atom stereocenters. The molecule has 0 saturated heterocycles. The number of aromatic nitrogens is 4. The van der Waals surface area contributed by atoms with Crippen LogP contribution in [0.1, 0.15) is 10.5 Å². The first-order valence-electron chi connectivity index (χ1n) is 5.14. The third kappa shape index (κ3) is 2.95. The number of hydrogen-bond acceptors (Lipinski definition) is 5. The van der Waals surface area contributed by atoms with Crippen molar-refractivity contribution < 1.29 is 9.90 Å². The molecule has 18 heavy (non-hydrogen) atoms. The summed E-state index contributed by atoms with van der Waals surface area (Å²) in [5, 5.41) is 19.4. The van der Waals surface area contributed by atoms with Crippen molar-refractivity contribution in [2.45, 2.75) is 6.54 Å². The summed E-state index contributed by atoms with van der Waals surface area (Å²) < 4.78 is 1.65. The molecule has 94 valence electrons. The molecule has 0 aliphatic rings. The van der Waals surface area contributed by atoms with Gasteiger partial charge in [0.25, 0.3) is 0 Å². The topological polar surface area (TPSA) is 92.9 Å². The Hall–Kier alpha value is -2.15. The first-order valence-corrected chi connectivity index (χ1v) is 5.52. The van der Waals surface area contributed by atoms with Crippen LogP contribution in [-0.4, -0.2) is 37.6 Å². The number of pyridine rings is 1. The fourth-order valence-electron chi connectivity index (χ4n) is 1.34. The predicted octanol–water partition coefficient (Wildman–Crippen LogP) is 1.14. The summed E-state index contributed by atoms with van der Waals surface area (Å²) in [4.78, 5) is 14.7.